The number of benzene rings is 4. The molecule has 172 valence electrons. The zero-order valence-corrected chi connectivity index (χ0v) is 19.7. The minimum atomic E-state index is -0.109. The van der Waals surface area contributed by atoms with Gasteiger partial charge in [0.25, 0.3) is 0 Å². The third-order valence-electron chi connectivity index (χ3n) is 7.06. The van der Waals surface area contributed by atoms with Crippen molar-refractivity contribution in [3.05, 3.63) is 145 Å². The Morgan fingerprint density at radius 3 is 2.36 bits per heavy atom. The van der Waals surface area contributed by atoms with E-state index >= 15 is 0 Å². The number of allylic oxidation sites excluding steroid dienone is 5. The van der Waals surface area contributed by atoms with Gasteiger partial charge in [-0.2, -0.15) is 4.99 Å². The standard InChI is InChI=1S/C33H24N2O/c1-2-12-26(13-3-1)35(33-34-31-22-19-24-10-5-7-15-30(24)32(31)36-33)27-20-17-25(18-21-27)29-16-8-11-23-9-4-6-14-28(23)29/h1-22,30,32H. The normalized spacial score (nSPS) is 19.6. The van der Waals surface area contributed by atoms with Crippen LogP contribution >= 0.6 is 0 Å². The van der Waals surface area contributed by atoms with Gasteiger partial charge in [-0.05, 0) is 57.8 Å². The van der Waals surface area contributed by atoms with Crippen LogP contribution in [0.3, 0.4) is 0 Å². The summed E-state index contributed by atoms with van der Waals surface area (Å²) in [6, 6.07) is 34.6. The summed E-state index contributed by atoms with van der Waals surface area (Å²) in [5, 5.41) is 2.50. The molecule has 0 saturated heterocycles. The summed E-state index contributed by atoms with van der Waals surface area (Å²) in [7, 11) is 0. The van der Waals surface area contributed by atoms with E-state index < -0.39 is 0 Å². The van der Waals surface area contributed by atoms with E-state index in [1.807, 2.05) is 18.2 Å². The molecule has 0 bridgehead atoms. The first-order chi connectivity index (χ1) is 17.8. The highest BCUT2D eigenvalue weighted by atomic mass is 16.5. The van der Waals surface area contributed by atoms with E-state index in [2.05, 4.69) is 120 Å². The summed E-state index contributed by atoms with van der Waals surface area (Å²) in [6.07, 6.45) is 12.6. The van der Waals surface area contributed by atoms with E-state index in [0.29, 0.717) is 6.02 Å². The van der Waals surface area contributed by atoms with Crippen LogP contribution in [0.1, 0.15) is 0 Å². The summed E-state index contributed by atoms with van der Waals surface area (Å²) in [5.41, 5.74) is 6.66. The van der Waals surface area contributed by atoms with Crippen LogP contribution in [-0.4, -0.2) is 12.1 Å². The smallest absolute Gasteiger partial charge is 0.302 e. The zero-order chi connectivity index (χ0) is 23.9. The molecule has 36 heavy (non-hydrogen) atoms. The van der Waals surface area contributed by atoms with Gasteiger partial charge < -0.3 is 4.74 Å². The van der Waals surface area contributed by atoms with Crippen molar-refractivity contribution in [1.82, 2.24) is 0 Å². The Labute approximate surface area is 210 Å². The molecule has 0 saturated carbocycles. The molecular formula is C33H24N2O. The number of hydrogen-bond acceptors (Lipinski definition) is 3. The lowest BCUT2D eigenvalue weighted by Crippen LogP contribution is -2.31. The molecule has 3 aliphatic rings. The number of amidine groups is 1. The van der Waals surface area contributed by atoms with Crippen LogP contribution in [0.15, 0.2) is 150 Å². The summed E-state index contributed by atoms with van der Waals surface area (Å²) in [6.45, 7) is 0. The third kappa shape index (κ3) is 3.48. The van der Waals surface area contributed by atoms with Gasteiger partial charge in [0.15, 0.2) is 6.10 Å². The third-order valence-corrected chi connectivity index (χ3v) is 7.06. The largest absolute Gasteiger partial charge is 0.454 e. The van der Waals surface area contributed by atoms with Crippen LogP contribution in [-0.2, 0) is 4.74 Å². The molecule has 2 unspecified atom stereocenters. The van der Waals surface area contributed by atoms with Gasteiger partial charge >= 0.3 is 6.02 Å². The van der Waals surface area contributed by atoms with Gasteiger partial charge in [-0.15, -0.1) is 0 Å². The second-order valence-corrected chi connectivity index (χ2v) is 9.21. The second-order valence-electron chi connectivity index (χ2n) is 9.21. The van der Waals surface area contributed by atoms with Crippen molar-refractivity contribution in [2.24, 2.45) is 10.9 Å². The molecular weight excluding hydrogens is 440 g/mol. The van der Waals surface area contributed by atoms with Crippen LogP contribution in [0.25, 0.3) is 21.9 Å². The van der Waals surface area contributed by atoms with Gasteiger partial charge in [-0.3, -0.25) is 4.90 Å². The Morgan fingerprint density at radius 2 is 1.47 bits per heavy atom. The number of para-hydroxylation sites is 1. The van der Waals surface area contributed by atoms with E-state index in [0.717, 1.165) is 17.1 Å². The van der Waals surface area contributed by atoms with E-state index in [9.17, 15) is 0 Å². The first-order valence-electron chi connectivity index (χ1n) is 12.3. The van der Waals surface area contributed by atoms with Gasteiger partial charge in [-0.1, -0.05) is 103 Å². The molecule has 0 N–H and O–H groups in total. The first-order valence-corrected chi connectivity index (χ1v) is 12.3. The van der Waals surface area contributed by atoms with Gasteiger partial charge in [0, 0.05) is 5.92 Å². The van der Waals surface area contributed by atoms with Crippen molar-refractivity contribution in [3.8, 4) is 11.1 Å². The molecule has 2 atom stereocenters. The van der Waals surface area contributed by atoms with Crippen molar-refractivity contribution in [2.75, 3.05) is 4.90 Å². The Kier molecular flexibility index (Phi) is 4.92. The van der Waals surface area contributed by atoms with Crippen LogP contribution in [0.5, 0.6) is 0 Å². The van der Waals surface area contributed by atoms with Crippen LogP contribution < -0.4 is 4.90 Å². The van der Waals surface area contributed by atoms with Gasteiger partial charge in [-0.25, -0.2) is 0 Å². The number of aliphatic imine (C=N–C) groups is 1. The fourth-order valence-corrected chi connectivity index (χ4v) is 5.28. The fourth-order valence-electron chi connectivity index (χ4n) is 5.28. The minimum absolute atomic E-state index is 0.109. The number of fused-ring (bicyclic) bond motifs is 4. The predicted molar refractivity (Wildman–Crippen MR) is 148 cm³/mol. The van der Waals surface area contributed by atoms with Crippen molar-refractivity contribution < 1.29 is 4.74 Å². The van der Waals surface area contributed by atoms with E-state index in [-0.39, 0.29) is 12.0 Å². The Bertz CT molecular complexity index is 1600. The number of ether oxygens (including phenoxy) is 1. The van der Waals surface area contributed by atoms with Crippen molar-refractivity contribution >= 4 is 28.2 Å². The van der Waals surface area contributed by atoms with Crippen LogP contribution in [0, 0.1) is 5.92 Å². The fraction of sp³-hybridized carbons (Fsp3) is 0.0606. The lowest BCUT2D eigenvalue weighted by atomic mass is 9.85. The lowest BCUT2D eigenvalue weighted by Gasteiger charge is -2.28. The molecule has 1 aliphatic heterocycles. The molecule has 0 radical (unpaired) electrons. The number of rotatable bonds is 3. The van der Waals surface area contributed by atoms with Gasteiger partial charge in [0.2, 0.25) is 0 Å². The average Bonchev–Trinajstić information content (AvgIpc) is 3.38. The summed E-state index contributed by atoms with van der Waals surface area (Å²) < 4.78 is 6.56. The molecule has 0 amide bonds. The molecule has 3 heteroatoms. The predicted octanol–water partition coefficient (Wildman–Crippen LogP) is 7.97. The van der Waals surface area contributed by atoms with Crippen molar-refractivity contribution in [3.63, 3.8) is 0 Å². The summed E-state index contributed by atoms with van der Waals surface area (Å²) >= 11 is 0. The SMILES string of the molecule is C1=CC2=CC=C3N=C(N(c4ccccc4)c4ccc(-c5cccc6ccccc56)cc4)OC3C2C=C1. The monoisotopic (exact) mass is 464 g/mol. The average molecular weight is 465 g/mol. The topological polar surface area (TPSA) is 24.8 Å². The number of nitrogens with zero attached hydrogens (tertiary/aromatic N) is 2. The van der Waals surface area contributed by atoms with Crippen LogP contribution in [0.2, 0.25) is 0 Å². The quantitative estimate of drug-likeness (QED) is 0.307. The molecule has 2 aliphatic carbocycles. The highest BCUT2D eigenvalue weighted by Gasteiger charge is 2.38. The van der Waals surface area contributed by atoms with Gasteiger partial charge in [0.1, 0.15) is 0 Å². The lowest BCUT2D eigenvalue weighted by molar-refractivity contribution is 0.208. The summed E-state index contributed by atoms with van der Waals surface area (Å²) in [4.78, 5) is 7.06. The maximum absolute atomic E-state index is 6.56. The molecule has 4 aromatic rings. The maximum atomic E-state index is 6.56. The molecule has 0 aromatic heterocycles. The van der Waals surface area contributed by atoms with Crippen molar-refractivity contribution in [1.29, 1.82) is 0 Å². The van der Waals surface area contributed by atoms with E-state index in [1.165, 1.54) is 27.5 Å². The maximum Gasteiger partial charge on any atom is 0.302 e. The number of hydrogen-bond donors (Lipinski definition) is 0. The van der Waals surface area contributed by atoms with E-state index in [1.54, 1.807) is 0 Å². The Hall–Kier alpha value is -4.63. The van der Waals surface area contributed by atoms with Crippen molar-refractivity contribution in [2.45, 2.75) is 6.10 Å². The molecule has 7 rings (SSSR count). The van der Waals surface area contributed by atoms with E-state index in [4.69, 9.17) is 9.73 Å². The molecule has 4 aromatic carbocycles. The highest BCUT2D eigenvalue weighted by Crippen LogP contribution is 2.39. The Balaban J connectivity index is 1.28. The minimum Gasteiger partial charge on any atom is -0.454 e. The number of anilines is 2. The zero-order valence-electron chi connectivity index (χ0n) is 19.7. The summed E-state index contributed by atoms with van der Waals surface area (Å²) in [5.74, 6) is 0.183. The first kappa shape index (κ1) is 20.7. The molecule has 0 spiro atoms. The Morgan fingerprint density at radius 1 is 0.694 bits per heavy atom. The van der Waals surface area contributed by atoms with Gasteiger partial charge in [0.05, 0.1) is 17.1 Å². The molecule has 0 fully saturated rings. The highest BCUT2D eigenvalue weighted by molar-refractivity contribution is 6.02. The second kappa shape index (κ2) is 8.54. The molecule has 1 heterocycles. The van der Waals surface area contributed by atoms with Crippen LogP contribution in [0.4, 0.5) is 11.4 Å². The molecule has 3 nitrogen and oxygen atoms in total.